The summed E-state index contributed by atoms with van der Waals surface area (Å²) in [5, 5.41) is 9.06. The largest absolute Gasteiger partial charge is 0.487 e. The lowest BCUT2D eigenvalue weighted by Gasteiger charge is -2.38. The number of anilines is 2. The van der Waals surface area contributed by atoms with E-state index in [1.165, 1.54) is 0 Å². The summed E-state index contributed by atoms with van der Waals surface area (Å²) in [5.41, 5.74) is 0.846. The van der Waals surface area contributed by atoms with E-state index in [1.54, 1.807) is 63.2 Å². The summed E-state index contributed by atoms with van der Waals surface area (Å²) < 4.78 is 11.4. The van der Waals surface area contributed by atoms with Crippen LogP contribution in [0.4, 0.5) is 21.0 Å². The zero-order chi connectivity index (χ0) is 22.8. The molecule has 3 amide bonds. The van der Waals surface area contributed by atoms with Gasteiger partial charge in [0.25, 0.3) is 0 Å². The van der Waals surface area contributed by atoms with E-state index < -0.39 is 17.3 Å². The maximum absolute atomic E-state index is 12.6. The number of hydrogen-bond acceptors (Lipinski definition) is 4. The van der Waals surface area contributed by atoms with Crippen molar-refractivity contribution in [1.29, 1.82) is 0 Å². The molecule has 1 atom stereocenters. The van der Waals surface area contributed by atoms with Crippen LogP contribution in [0.3, 0.4) is 0 Å². The second-order valence-corrected chi connectivity index (χ2v) is 9.54. The van der Waals surface area contributed by atoms with Crippen LogP contribution >= 0.6 is 11.6 Å². The number of amides is 3. The van der Waals surface area contributed by atoms with Crippen LogP contribution in [-0.4, -0.2) is 23.3 Å². The molecule has 166 valence electrons. The van der Waals surface area contributed by atoms with Crippen molar-refractivity contribution in [2.24, 2.45) is 0 Å². The Hall–Kier alpha value is -2.93. The number of hydrogen-bond donors (Lipinski definition) is 3. The molecule has 1 aliphatic rings. The fraction of sp³-hybridized carbons (Fsp3) is 0.391. The van der Waals surface area contributed by atoms with Crippen LogP contribution < -0.4 is 20.7 Å². The molecule has 0 bridgehead atoms. The standard InChI is InChI=1S/C23H28ClN3O4/c1-22(2,3)31-21(29)26-16-9-10-19-17(12-16)18(13-23(4,5)30-19)27-20(28)25-15-8-6-7-14(24)11-15/h6-12,18H,13H2,1-5H3,(H,26,29)(H2,25,27,28)/t18-/m0/s1. The minimum atomic E-state index is -0.603. The van der Waals surface area contributed by atoms with Gasteiger partial charge < -0.3 is 20.1 Å². The van der Waals surface area contributed by atoms with E-state index in [0.717, 1.165) is 5.56 Å². The van der Waals surface area contributed by atoms with Crippen LogP contribution in [0, 0.1) is 0 Å². The summed E-state index contributed by atoms with van der Waals surface area (Å²) in [4.78, 5) is 24.8. The molecule has 1 aliphatic heterocycles. The van der Waals surface area contributed by atoms with Gasteiger partial charge in [0.1, 0.15) is 17.0 Å². The van der Waals surface area contributed by atoms with E-state index in [-0.39, 0.29) is 12.1 Å². The highest BCUT2D eigenvalue weighted by Gasteiger charge is 2.35. The van der Waals surface area contributed by atoms with Crippen molar-refractivity contribution in [1.82, 2.24) is 5.32 Å². The van der Waals surface area contributed by atoms with Crippen molar-refractivity contribution in [3.05, 3.63) is 53.1 Å². The van der Waals surface area contributed by atoms with Crippen molar-refractivity contribution in [2.45, 2.75) is 58.3 Å². The number of halogens is 1. The zero-order valence-corrected chi connectivity index (χ0v) is 19.1. The smallest absolute Gasteiger partial charge is 0.412 e. The van der Waals surface area contributed by atoms with Crippen LogP contribution in [0.15, 0.2) is 42.5 Å². The summed E-state index contributed by atoms with van der Waals surface area (Å²) in [7, 11) is 0. The third kappa shape index (κ3) is 6.52. The van der Waals surface area contributed by atoms with Crippen molar-refractivity contribution in [2.75, 3.05) is 10.6 Å². The van der Waals surface area contributed by atoms with Crippen molar-refractivity contribution < 1.29 is 19.1 Å². The predicted molar refractivity (Wildman–Crippen MR) is 122 cm³/mol. The van der Waals surface area contributed by atoms with Gasteiger partial charge in [0.15, 0.2) is 0 Å². The number of rotatable bonds is 3. The molecule has 0 saturated heterocycles. The highest BCUT2D eigenvalue weighted by atomic mass is 35.5. The van der Waals surface area contributed by atoms with Crippen molar-refractivity contribution in [3.8, 4) is 5.75 Å². The Kier molecular flexibility index (Phi) is 6.36. The van der Waals surface area contributed by atoms with Gasteiger partial charge in [-0.1, -0.05) is 17.7 Å². The van der Waals surface area contributed by atoms with Crippen LogP contribution in [0.1, 0.15) is 52.6 Å². The Morgan fingerprint density at radius 3 is 2.48 bits per heavy atom. The second kappa shape index (κ2) is 8.67. The Balaban J connectivity index is 1.78. The number of ether oxygens (including phenoxy) is 2. The lowest BCUT2D eigenvalue weighted by molar-refractivity contribution is 0.0631. The molecule has 3 N–H and O–H groups in total. The summed E-state index contributed by atoms with van der Waals surface area (Å²) in [6.07, 6.45) is 0.00601. The molecule has 1 heterocycles. The number of nitrogens with one attached hydrogen (secondary N) is 3. The monoisotopic (exact) mass is 445 g/mol. The lowest BCUT2D eigenvalue weighted by Crippen LogP contribution is -2.42. The molecular formula is C23H28ClN3O4. The van der Waals surface area contributed by atoms with Gasteiger partial charge in [0.05, 0.1) is 6.04 Å². The van der Waals surface area contributed by atoms with E-state index in [0.29, 0.717) is 28.6 Å². The average molecular weight is 446 g/mol. The fourth-order valence-corrected chi connectivity index (χ4v) is 3.56. The number of carbonyl (C=O) groups excluding carboxylic acids is 2. The molecule has 3 rings (SSSR count). The highest BCUT2D eigenvalue weighted by Crippen LogP contribution is 2.40. The van der Waals surface area contributed by atoms with Gasteiger partial charge in [-0.15, -0.1) is 0 Å². The quantitative estimate of drug-likeness (QED) is 0.531. The molecule has 0 aliphatic carbocycles. The summed E-state index contributed by atoms with van der Waals surface area (Å²) >= 11 is 5.99. The van der Waals surface area contributed by atoms with Gasteiger partial charge in [0.2, 0.25) is 0 Å². The SMILES string of the molecule is CC(C)(C)OC(=O)Nc1ccc2c(c1)[C@@H](NC(=O)Nc1cccc(Cl)c1)CC(C)(C)O2. The lowest BCUT2D eigenvalue weighted by atomic mass is 9.89. The maximum Gasteiger partial charge on any atom is 0.412 e. The first-order valence-corrected chi connectivity index (χ1v) is 10.4. The summed E-state index contributed by atoms with van der Waals surface area (Å²) in [6.45, 7) is 9.33. The molecular weight excluding hydrogens is 418 g/mol. The van der Waals surface area contributed by atoms with Gasteiger partial charge in [-0.25, -0.2) is 9.59 Å². The highest BCUT2D eigenvalue weighted by molar-refractivity contribution is 6.30. The van der Waals surface area contributed by atoms with Crippen molar-refractivity contribution in [3.63, 3.8) is 0 Å². The average Bonchev–Trinajstić information content (AvgIpc) is 2.59. The summed E-state index contributed by atoms with van der Waals surface area (Å²) in [6, 6.07) is 11.6. The molecule has 0 spiro atoms. The molecule has 0 radical (unpaired) electrons. The first-order chi connectivity index (χ1) is 14.4. The van der Waals surface area contributed by atoms with Gasteiger partial charge in [0, 0.05) is 28.4 Å². The summed E-state index contributed by atoms with van der Waals surface area (Å²) in [5.74, 6) is 0.652. The molecule has 31 heavy (non-hydrogen) atoms. The second-order valence-electron chi connectivity index (χ2n) is 9.11. The third-order valence-electron chi connectivity index (χ3n) is 4.50. The number of urea groups is 1. The fourth-order valence-electron chi connectivity index (χ4n) is 3.37. The molecule has 2 aromatic rings. The Morgan fingerprint density at radius 1 is 1.10 bits per heavy atom. The normalized spacial score (nSPS) is 17.0. The minimum absolute atomic E-state index is 0.321. The first-order valence-electron chi connectivity index (χ1n) is 10.1. The molecule has 0 aromatic heterocycles. The Morgan fingerprint density at radius 2 is 1.81 bits per heavy atom. The predicted octanol–water partition coefficient (Wildman–Crippen LogP) is 6.11. The molecule has 0 fully saturated rings. The topological polar surface area (TPSA) is 88.7 Å². The Labute approximate surface area is 187 Å². The maximum atomic E-state index is 12.6. The van der Waals surface area contributed by atoms with E-state index in [4.69, 9.17) is 21.1 Å². The van der Waals surface area contributed by atoms with E-state index in [9.17, 15) is 9.59 Å². The molecule has 0 saturated carbocycles. The minimum Gasteiger partial charge on any atom is -0.487 e. The number of carbonyl (C=O) groups is 2. The number of fused-ring (bicyclic) bond motifs is 1. The molecule has 0 unspecified atom stereocenters. The van der Waals surface area contributed by atoms with Crippen LogP contribution in [0.25, 0.3) is 0 Å². The molecule has 8 heteroatoms. The van der Waals surface area contributed by atoms with E-state index >= 15 is 0 Å². The van der Waals surface area contributed by atoms with Crippen LogP contribution in [0.5, 0.6) is 5.75 Å². The molecule has 2 aromatic carbocycles. The Bertz CT molecular complexity index is 985. The van der Waals surface area contributed by atoms with Crippen LogP contribution in [-0.2, 0) is 4.74 Å². The first kappa shape index (κ1) is 22.7. The van der Waals surface area contributed by atoms with Crippen LogP contribution in [0.2, 0.25) is 5.02 Å². The van der Waals surface area contributed by atoms with Gasteiger partial charge in [-0.2, -0.15) is 0 Å². The van der Waals surface area contributed by atoms with E-state index in [1.807, 2.05) is 13.8 Å². The zero-order valence-electron chi connectivity index (χ0n) is 18.3. The third-order valence-corrected chi connectivity index (χ3v) is 4.74. The van der Waals surface area contributed by atoms with Crippen molar-refractivity contribution >= 4 is 35.1 Å². The molecule has 7 nitrogen and oxygen atoms in total. The van der Waals surface area contributed by atoms with Gasteiger partial charge in [-0.05, 0) is 71.0 Å². The van der Waals surface area contributed by atoms with Gasteiger partial charge in [-0.3, -0.25) is 5.32 Å². The van der Waals surface area contributed by atoms with Gasteiger partial charge >= 0.3 is 12.1 Å². The van der Waals surface area contributed by atoms with E-state index in [2.05, 4.69) is 16.0 Å². The number of benzene rings is 2.